The number of likely N-dealkylation sites (N-methyl/N-ethyl adjacent to an activating group) is 1. The van der Waals surface area contributed by atoms with Crippen molar-refractivity contribution in [1.29, 1.82) is 0 Å². The molecular weight excluding hydrogens is 202 g/mol. The number of benzene rings is 1. The molecule has 86 valence electrons. The van der Waals surface area contributed by atoms with Gasteiger partial charge in [-0.25, -0.2) is 4.98 Å². The minimum absolute atomic E-state index is 0.168. The number of H-pyrrole nitrogens is 1. The van der Waals surface area contributed by atoms with Crippen LogP contribution in [0.2, 0.25) is 0 Å². The van der Waals surface area contributed by atoms with Gasteiger partial charge in [0.25, 0.3) is 0 Å². The van der Waals surface area contributed by atoms with Crippen LogP contribution in [0, 0.1) is 0 Å². The van der Waals surface area contributed by atoms with Gasteiger partial charge < -0.3 is 10.1 Å². The van der Waals surface area contributed by atoms with Crippen molar-refractivity contribution in [3.63, 3.8) is 0 Å². The first kappa shape index (κ1) is 11.1. The maximum atomic E-state index is 8.90. The van der Waals surface area contributed by atoms with Crippen molar-refractivity contribution < 1.29 is 5.11 Å². The first-order valence-electron chi connectivity index (χ1n) is 5.48. The van der Waals surface area contributed by atoms with Gasteiger partial charge in [0.05, 0.1) is 23.7 Å². The molecule has 4 nitrogen and oxygen atoms in total. The van der Waals surface area contributed by atoms with E-state index in [4.69, 9.17) is 5.11 Å². The number of nitrogens with zero attached hydrogens (tertiary/aromatic N) is 2. The van der Waals surface area contributed by atoms with Gasteiger partial charge in [-0.1, -0.05) is 12.1 Å². The maximum absolute atomic E-state index is 8.90. The number of nitrogens with one attached hydrogen (secondary N) is 1. The highest BCUT2D eigenvalue weighted by Gasteiger charge is 2.14. The molecule has 2 N–H and O–H groups in total. The molecule has 0 aliphatic rings. The quantitative estimate of drug-likeness (QED) is 0.820. The molecule has 0 amide bonds. The zero-order valence-electron chi connectivity index (χ0n) is 9.64. The van der Waals surface area contributed by atoms with Crippen LogP contribution in [0.25, 0.3) is 11.0 Å². The second kappa shape index (κ2) is 4.63. The van der Waals surface area contributed by atoms with Crippen molar-refractivity contribution in [3.8, 4) is 0 Å². The predicted octanol–water partition coefficient (Wildman–Crippen LogP) is 1.55. The van der Waals surface area contributed by atoms with E-state index in [-0.39, 0.29) is 12.6 Å². The van der Waals surface area contributed by atoms with Crippen molar-refractivity contribution in [2.24, 2.45) is 0 Å². The van der Waals surface area contributed by atoms with Gasteiger partial charge in [0.2, 0.25) is 0 Å². The summed E-state index contributed by atoms with van der Waals surface area (Å²) in [6.45, 7) is 2.90. The molecule has 0 radical (unpaired) electrons. The molecule has 0 aliphatic heterocycles. The predicted molar refractivity (Wildman–Crippen MR) is 64.2 cm³/mol. The van der Waals surface area contributed by atoms with E-state index < -0.39 is 0 Å². The van der Waals surface area contributed by atoms with Crippen molar-refractivity contribution >= 4 is 11.0 Å². The fourth-order valence-corrected chi connectivity index (χ4v) is 1.73. The third-order valence-corrected chi connectivity index (χ3v) is 2.92. The average Bonchev–Trinajstić information content (AvgIpc) is 2.71. The highest BCUT2D eigenvalue weighted by molar-refractivity contribution is 5.74. The topological polar surface area (TPSA) is 52.2 Å². The Kier molecular flexibility index (Phi) is 3.22. The van der Waals surface area contributed by atoms with Crippen LogP contribution < -0.4 is 0 Å². The Morgan fingerprint density at radius 1 is 1.44 bits per heavy atom. The summed E-state index contributed by atoms with van der Waals surface area (Å²) in [6.07, 6.45) is 0. The lowest BCUT2D eigenvalue weighted by Crippen LogP contribution is -2.26. The summed E-state index contributed by atoms with van der Waals surface area (Å²) in [5, 5.41) is 8.90. The molecular formula is C12H17N3O. The van der Waals surface area contributed by atoms with Crippen LogP contribution in [0.5, 0.6) is 0 Å². The van der Waals surface area contributed by atoms with Crippen molar-refractivity contribution in [3.05, 3.63) is 30.1 Å². The van der Waals surface area contributed by atoms with E-state index in [0.717, 1.165) is 16.9 Å². The average molecular weight is 219 g/mol. The largest absolute Gasteiger partial charge is 0.395 e. The SMILES string of the molecule is CC(c1nc2ccccc2[nH]1)N(C)CCO. The molecule has 1 unspecified atom stereocenters. The number of imidazole rings is 1. The summed E-state index contributed by atoms with van der Waals surface area (Å²) in [6, 6.07) is 8.17. The number of hydrogen-bond donors (Lipinski definition) is 2. The summed E-state index contributed by atoms with van der Waals surface area (Å²) in [4.78, 5) is 9.90. The third-order valence-electron chi connectivity index (χ3n) is 2.92. The highest BCUT2D eigenvalue weighted by Crippen LogP contribution is 2.19. The lowest BCUT2D eigenvalue weighted by molar-refractivity contribution is 0.185. The Labute approximate surface area is 94.9 Å². The highest BCUT2D eigenvalue weighted by atomic mass is 16.3. The molecule has 0 fully saturated rings. The first-order chi connectivity index (χ1) is 7.72. The molecule has 0 aliphatic carbocycles. The van der Waals surface area contributed by atoms with E-state index in [1.165, 1.54) is 0 Å². The van der Waals surface area contributed by atoms with Crippen LogP contribution >= 0.6 is 0 Å². The minimum atomic E-state index is 0.168. The van der Waals surface area contributed by atoms with Crippen LogP contribution in [-0.4, -0.2) is 40.2 Å². The fourth-order valence-electron chi connectivity index (χ4n) is 1.73. The van der Waals surface area contributed by atoms with Crippen LogP contribution in [0.1, 0.15) is 18.8 Å². The van der Waals surface area contributed by atoms with E-state index >= 15 is 0 Å². The van der Waals surface area contributed by atoms with E-state index in [1.54, 1.807) is 0 Å². The number of para-hydroxylation sites is 2. The molecule has 1 heterocycles. The van der Waals surface area contributed by atoms with Gasteiger partial charge in [-0.15, -0.1) is 0 Å². The Morgan fingerprint density at radius 3 is 2.88 bits per heavy atom. The fraction of sp³-hybridized carbons (Fsp3) is 0.417. The van der Waals surface area contributed by atoms with Crippen molar-refractivity contribution in [1.82, 2.24) is 14.9 Å². The van der Waals surface area contributed by atoms with Gasteiger partial charge in [0.15, 0.2) is 0 Å². The smallest absolute Gasteiger partial charge is 0.124 e. The normalized spacial score (nSPS) is 13.5. The number of hydrogen-bond acceptors (Lipinski definition) is 3. The lowest BCUT2D eigenvalue weighted by atomic mass is 10.3. The maximum Gasteiger partial charge on any atom is 0.124 e. The molecule has 1 aromatic heterocycles. The molecule has 2 aromatic rings. The summed E-state index contributed by atoms with van der Waals surface area (Å²) in [7, 11) is 1.98. The van der Waals surface area contributed by atoms with Crippen LogP contribution in [-0.2, 0) is 0 Å². The number of aromatic amines is 1. The summed E-state index contributed by atoms with van der Waals surface area (Å²) in [5.41, 5.74) is 2.04. The molecule has 0 bridgehead atoms. The van der Waals surface area contributed by atoms with Crippen LogP contribution in [0.3, 0.4) is 0 Å². The Morgan fingerprint density at radius 2 is 2.19 bits per heavy atom. The number of fused-ring (bicyclic) bond motifs is 1. The zero-order chi connectivity index (χ0) is 11.5. The lowest BCUT2D eigenvalue weighted by Gasteiger charge is -2.21. The first-order valence-corrected chi connectivity index (χ1v) is 5.48. The number of aromatic nitrogens is 2. The van der Waals surface area contributed by atoms with Gasteiger partial charge in [-0.3, -0.25) is 4.90 Å². The van der Waals surface area contributed by atoms with E-state index in [1.807, 2.05) is 31.3 Å². The molecule has 1 aromatic carbocycles. The van der Waals surface area contributed by atoms with Gasteiger partial charge in [-0.2, -0.15) is 0 Å². The van der Waals surface area contributed by atoms with E-state index in [0.29, 0.717) is 6.54 Å². The third kappa shape index (κ3) is 2.08. The summed E-state index contributed by atoms with van der Waals surface area (Å²) in [5.74, 6) is 0.942. The molecule has 2 rings (SSSR count). The van der Waals surface area contributed by atoms with Gasteiger partial charge in [0, 0.05) is 6.54 Å². The van der Waals surface area contributed by atoms with Crippen molar-refractivity contribution in [2.45, 2.75) is 13.0 Å². The molecule has 16 heavy (non-hydrogen) atoms. The number of rotatable bonds is 4. The second-order valence-corrected chi connectivity index (χ2v) is 4.02. The van der Waals surface area contributed by atoms with E-state index in [2.05, 4.69) is 21.8 Å². The van der Waals surface area contributed by atoms with Gasteiger partial charge in [0.1, 0.15) is 5.82 Å². The van der Waals surface area contributed by atoms with E-state index in [9.17, 15) is 0 Å². The molecule has 0 spiro atoms. The molecule has 1 atom stereocenters. The Hall–Kier alpha value is -1.39. The number of aliphatic hydroxyl groups is 1. The molecule has 0 saturated carbocycles. The standard InChI is InChI=1S/C12H17N3O/c1-9(15(2)7-8-16)12-13-10-5-3-4-6-11(10)14-12/h3-6,9,16H,7-8H2,1-2H3,(H,13,14). The minimum Gasteiger partial charge on any atom is -0.395 e. The summed E-state index contributed by atoms with van der Waals surface area (Å²) >= 11 is 0. The Bertz CT molecular complexity index is 433. The molecule has 4 heteroatoms. The van der Waals surface area contributed by atoms with Crippen LogP contribution in [0.4, 0.5) is 0 Å². The van der Waals surface area contributed by atoms with Gasteiger partial charge >= 0.3 is 0 Å². The van der Waals surface area contributed by atoms with Gasteiger partial charge in [-0.05, 0) is 26.1 Å². The monoisotopic (exact) mass is 219 g/mol. The number of aliphatic hydroxyl groups excluding tert-OH is 1. The second-order valence-electron chi connectivity index (χ2n) is 4.02. The van der Waals surface area contributed by atoms with Crippen molar-refractivity contribution in [2.75, 3.05) is 20.2 Å². The zero-order valence-corrected chi connectivity index (χ0v) is 9.64. The van der Waals surface area contributed by atoms with Crippen LogP contribution in [0.15, 0.2) is 24.3 Å². The summed E-state index contributed by atoms with van der Waals surface area (Å²) < 4.78 is 0. The molecule has 0 saturated heterocycles. The Balaban J connectivity index is 2.26.